The Balaban J connectivity index is 1.87. The van der Waals surface area contributed by atoms with Crippen LogP contribution in [0.25, 0.3) is 0 Å². The fraction of sp³-hybridized carbons (Fsp3) is 0.294. The largest absolute Gasteiger partial charge is 0.496 e. The molecule has 0 saturated heterocycles. The van der Waals surface area contributed by atoms with Gasteiger partial charge in [0.05, 0.1) is 13.7 Å². The number of ether oxygens (including phenoxy) is 2. The van der Waals surface area contributed by atoms with Crippen molar-refractivity contribution in [2.45, 2.75) is 12.6 Å². The zero-order valence-corrected chi connectivity index (χ0v) is 14.4. The van der Waals surface area contributed by atoms with Crippen LogP contribution in [0.15, 0.2) is 41.8 Å². The molecule has 7 heteroatoms. The first-order valence-electron chi connectivity index (χ1n) is 7.39. The first-order chi connectivity index (χ1) is 11.7. The molecule has 0 spiro atoms. The molecule has 1 heterocycles. The fourth-order valence-electron chi connectivity index (χ4n) is 2.18. The second kappa shape index (κ2) is 9.05. The normalized spacial score (nSPS) is 11.6. The van der Waals surface area contributed by atoms with Crippen LogP contribution in [0, 0.1) is 0 Å². The highest BCUT2D eigenvalue weighted by molar-refractivity contribution is 7.09. The summed E-state index contributed by atoms with van der Waals surface area (Å²) in [6.45, 7) is 0.506. The van der Waals surface area contributed by atoms with E-state index in [2.05, 4.69) is 10.6 Å². The average molecular weight is 348 g/mol. The monoisotopic (exact) mass is 348 g/mol. The molecule has 2 rings (SSSR count). The van der Waals surface area contributed by atoms with E-state index in [0.29, 0.717) is 12.3 Å². The SMILES string of the molecule is COc1ccccc1[C@@H](CNC(=O)C(=O)NCc1cccs1)OC. The van der Waals surface area contributed by atoms with Crippen LogP contribution in [-0.2, 0) is 20.9 Å². The van der Waals surface area contributed by atoms with Gasteiger partial charge in [0.1, 0.15) is 11.9 Å². The number of rotatable bonds is 7. The maximum atomic E-state index is 11.9. The van der Waals surface area contributed by atoms with Gasteiger partial charge in [0, 0.05) is 24.1 Å². The van der Waals surface area contributed by atoms with Gasteiger partial charge in [-0.3, -0.25) is 9.59 Å². The number of benzene rings is 1. The molecule has 2 aromatic rings. The number of hydrogen-bond donors (Lipinski definition) is 2. The lowest BCUT2D eigenvalue weighted by atomic mass is 10.1. The summed E-state index contributed by atoms with van der Waals surface area (Å²) in [5, 5.41) is 7.08. The third-order valence-electron chi connectivity index (χ3n) is 3.43. The molecule has 1 aromatic carbocycles. The summed E-state index contributed by atoms with van der Waals surface area (Å²) in [5.41, 5.74) is 0.807. The minimum absolute atomic E-state index is 0.169. The number of nitrogens with one attached hydrogen (secondary N) is 2. The molecule has 0 bridgehead atoms. The van der Waals surface area contributed by atoms with E-state index in [-0.39, 0.29) is 6.54 Å². The highest BCUT2D eigenvalue weighted by Gasteiger charge is 2.19. The standard InChI is InChI=1S/C17H20N2O4S/c1-22-14-8-4-3-7-13(14)15(23-2)11-19-17(21)16(20)18-10-12-6-5-9-24-12/h3-9,15H,10-11H2,1-2H3,(H,18,20)(H,19,21)/t15-/m1/s1. The van der Waals surface area contributed by atoms with E-state index < -0.39 is 17.9 Å². The van der Waals surface area contributed by atoms with Crippen LogP contribution < -0.4 is 15.4 Å². The van der Waals surface area contributed by atoms with Crippen LogP contribution in [-0.4, -0.2) is 32.6 Å². The number of hydrogen-bond acceptors (Lipinski definition) is 5. The Kier molecular flexibility index (Phi) is 6.77. The molecule has 1 aromatic heterocycles. The Hall–Kier alpha value is -2.38. The summed E-state index contributed by atoms with van der Waals surface area (Å²) in [5.74, 6) is -0.692. The third-order valence-corrected chi connectivity index (χ3v) is 4.30. The van der Waals surface area contributed by atoms with E-state index in [1.807, 2.05) is 41.8 Å². The lowest BCUT2D eigenvalue weighted by molar-refractivity contribution is -0.139. The van der Waals surface area contributed by atoms with E-state index in [9.17, 15) is 9.59 Å². The van der Waals surface area contributed by atoms with Crippen molar-refractivity contribution in [2.24, 2.45) is 0 Å². The Morgan fingerprint density at radius 3 is 2.50 bits per heavy atom. The zero-order chi connectivity index (χ0) is 17.4. The Labute approximate surface area is 144 Å². The molecule has 24 heavy (non-hydrogen) atoms. The van der Waals surface area contributed by atoms with E-state index >= 15 is 0 Å². The van der Waals surface area contributed by atoms with Gasteiger partial charge in [-0.25, -0.2) is 0 Å². The van der Waals surface area contributed by atoms with Crippen molar-refractivity contribution in [1.82, 2.24) is 10.6 Å². The minimum Gasteiger partial charge on any atom is -0.496 e. The highest BCUT2D eigenvalue weighted by Crippen LogP contribution is 2.26. The van der Waals surface area contributed by atoms with Crippen LogP contribution >= 0.6 is 11.3 Å². The predicted octanol–water partition coefficient (Wildman–Crippen LogP) is 1.88. The topological polar surface area (TPSA) is 76.7 Å². The second-order valence-corrected chi connectivity index (χ2v) is 5.97. The van der Waals surface area contributed by atoms with Gasteiger partial charge in [-0.15, -0.1) is 11.3 Å². The summed E-state index contributed by atoms with van der Waals surface area (Å²) in [6.07, 6.45) is -0.407. The zero-order valence-electron chi connectivity index (χ0n) is 13.6. The third kappa shape index (κ3) is 4.81. The molecule has 2 N–H and O–H groups in total. The molecule has 0 aliphatic rings. The van der Waals surface area contributed by atoms with E-state index in [1.165, 1.54) is 11.3 Å². The molecule has 6 nitrogen and oxygen atoms in total. The fourth-order valence-corrected chi connectivity index (χ4v) is 2.82. The van der Waals surface area contributed by atoms with E-state index in [1.54, 1.807) is 14.2 Å². The Morgan fingerprint density at radius 2 is 1.83 bits per heavy atom. The number of methoxy groups -OCH3 is 2. The van der Waals surface area contributed by atoms with Crippen molar-refractivity contribution in [3.05, 3.63) is 52.2 Å². The number of para-hydroxylation sites is 1. The van der Waals surface area contributed by atoms with Crippen LogP contribution in [0.5, 0.6) is 5.75 Å². The van der Waals surface area contributed by atoms with Crippen molar-refractivity contribution in [1.29, 1.82) is 0 Å². The maximum absolute atomic E-state index is 11.9. The molecule has 0 saturated carbocycles. The molecular formula is C17H20N2O4S. The lowest BCUT2D eigenvalue weighted by Gasteiger charge is -2.18. The molecule has 0 radical (unpaired) electrons. The summed E-state index contributed by atoms with van der Waals surface area (Å²) in [7, 11) is 3.11. The summed E-state index contributed by atoms with van der Waals surface area (Å²) in [6, 6.07) is 11.2. The van der Waals surface area contributed by atoms with Crippen molar-refractivity contribution in [3.63, 3.8) is 0 Å². The van der Waals surface area contributed by atoms with E-state index in [4.69, 9.17) is 9.47 Å². The first-order valence-corrected chi connectivity index (χ1v) is 8.27. The lowest BCUT2D eigenvalue weighted by Crippen LogP contribution is -2.41. The summed E-state index contributed by atoms with van der Waals surface area (Å²) in [4.78, 5) is 24.7. The van der Waals surface area contributed by atoms with Gasteiger partial charge < -0.3 is 20.1 Å². The van der Waals surface area contributed by atoms with Crippen LogP contribution in [0.2, 0.25) is 0 Å². The molecule has 1 atom stereocenters. The Bertz CT molecular complexity index is 673. The highest BCUT2D eigenvalue weighted by atomic mass is 32.1. The predicted molar refractivity (Wildman–Crippen MR) is 91.9 cm³/mol. The van der Waals surface area contributed by atoms with Gasteiger partial charge in [0.15, 0.2) is 0 Å². The number of carbonyl (C=O) groups is 2. The first kappa shape index (κ1) is 18.0. The van der Waals surface area contributed by atoms with Crippen LogP contribution in [0.4, 0.5) is 0 Å². The summed E-state index contributed by atoms with van der Waals surface area (Å²) >= 11 is 1.52. The van der Waals surface area contributed by atoms with Gasteiger partial charge in [-0.1, -0.05) is 24.3 Å². The van der Waals surface area contributed by atoms with Gasteiger partial charge in [0.2, 0.25) is 0 Å². The van der Waals surface area contributed by atoms with Gasteiger partial charge in [-0.2, -0.15) is 0 Å². The van der Waals surface area contributed by atoms with Gasteiger partial charge in [-0.05, 0) is 17.5 Å². The molecule has 0 fully saturated rings. The quantitative estimate of drug-likeness (QED) is 0.749. The molecule has 2 amide bonds. The van der Waals surface area contributed by atoms with Crippen molar-refractivity contribution < 1.29 is 19.1 Å². The number of thiophene rings is 1. The van der Waals surface area contributed by atoms with Crippen molar-refractivity contribution >= 4 is 23.2 Å². The van der Waals surface area contributed by atoms with Crippen LogP contribution in [0.3, 0.4) is 0 Å². The average Bonchev–Trinajstić information content (AvgIpc) is 3.13. The molecule has 128 valence electrons. The molecule has 0 aliphatic heterocycles. The maximum Gasteiger partial charge on any atom is 0.309 e. The smallest absolute Gasteiger partial charge is 0.309 e. The Morgan fingerprint density at radius 1 is 1.08 bits per heavy atom. The number of carbonyl (C=O) groups excluding carboxylic acids is 2. The summed E-state index contributed by atoms with van der Waals surface area (Å²) < 4.78 is 10.7. The van der Waals surface area contributed by atoms with Gasteiger partial charge in [0.25, 0.3) is 0 Å². The van der Waals surface area contributed by atoms with Gasteiger partial charge >= 0.3 is 11.8 Å². The molecule has 0 unspecified atom stereocenters. The molecule has 0 aliphatic carbocycles. The second-order valence-electron chi connectivity index (χ2n) is 4.94. The van der Waals surface area contributed by atoms with E-state index in [0.717, 1.165) is 10.4 Å². The minimum atomic E-state index is -0.691. The van der Waals surface area contributed by atoms with Crippen LogP contribution in [0.1, 0.15) is 16.5 Å². The number of amides is 2. The molecular weight excluding hydrogens is 328 g/mol. The van der Waals surface area contributed by atoms with Crippen molar-refractivity contribution in [2.75, 3.05) is 20.8 Å². The van der Waals surface area contributed by atoms with Crippen molar-refractivity contribution in [3.8, 4) is 5.75 Å².